The lowest BCUT2D eigenvalue weighted by atomic mass is 10.1. The van der Waals surface area contributed by atoms with Crippen molar-refractivity contribution in [2.24, 2.45) is 0 Å². The van der Waals surface area contributed by atoms with Crippen LogP contribution in [0.1, 0.15) is 22.3 Å². The normalized spacial score (nSPS) is 11.7. The Labute approximate surface area is 211 Å². The summed E-state index contributed by atoms with van der Waals surface area (Å²) in [4.78, 5) is 11.1. The number of fused-ring (bicyclic) bond motifs is 1. The molecule has 0 aliphatic heterocycles. The lowest BCUT2D eigenvalue weighted by Gasteiger charge is -2.26. The Bertz CT molecular complexity index is 1660. The summed E-state index contributed by atoms with van der Waals surface area (Å²) in [6.45, 7) is 6.61. The molecule has 0 saturated heterocycles. The molecule has 2 aromatic heterocycles. The molecule has 0 atom stereocenters. The van der Waals surface area contributed by atoms with Gasteiger partial charge in [-0.1, -0.05) is 59.7 Å². The highest BCUT2D eigenvalue weighted by molar-refractivity contribution is 7.90. The third-order valence-corrected chi connectivity index (χ3v) is 7.03. The molecule has 0 radical (unpaired) electrons. The zero-order chi connectivity index (χ0) is 25.4. The van der Waals surface area contributed by atoms with Gasteiger partial charge in [-0.2, -0.15) is 15.1 Å². The SMILES string of the molecule is Cc1ccc(N(Cc2ccccc2C)c2nc(S(C)(=O)=O)nc3c2cnn3-c2ccc(C)cc2)cc1. The summed E-state index contributed by atoms with van der Waals surface area (Å²) in [7, 11) is -3.69. The third-order valence-electron chi connectivity index (χ3n) is 6.19. The number of sulfone groups is 1. The highest BCUT2D eigenvalue weighted by atomic mass is 32.2. The van der Waals surface area contributed by atoms with Gasteiger partial charge >= 0.3 is 0 Å². The molecule has 8 heteroatoms. The first-order valence-corrected chi connectivity index (χ1v) is 13.5. The maximum atomic E-state index is 12.7. The van der Waals surface area contributed by atoms with Gasteiger partial charge in [0.05, 0.1) is 17.3 Å². The topological polar surface area (TPSA) is 81.0 Å². The van der Waals surface area contributed by atoms with Crippen molar-refractivity contribution in [1.29, 1.82) is 0 Å². The van der Waals surface area contributed by atoms with Crippen molar-refractivity contribution in [2.45, 2.75) is 32.5 Å². The van der Waals surface area contributed by atoms with Crippen LogP contribution in [0.3, 0.4) is 0 Å². The van der Waals surface area contributed by atoms with Gasteiger partial charge in [0.2, 0.25) is 9.84 Å². The molecule has 5 rings (SSSR count). The van der Waals surface area contributed by atoms with E-state index in [0.717, 1.165) is 39.9 Å². The molecule has 182 valence electrons. The number of aromatic nitrogens is 4. The van der Waals surface area contributed by atoms with Crippen LogP contribution in [-0.4, -0.2) is 34.4 Å². The molecule has 0 N–H and O–H groups in total. The van der Waals surface area contributed by atoms with Crippen LogP contribution in [0.25, 0.3) is 16.7 Å². The molecule has 0 bridgehead atoms. The molecule has 2 heterocycles. The summed E-state index contributed by atoms with van der Waals surface area (Å²) in [6.07, 6.45) is 2.83. The van der Waals surface area contributed by atoms with E-state index in [1.807, 2.05) is 79.4 Å². The fourth-order valence-electron chi connectivity index (χ4n) is 4.09. The van der Waals surface area contributed by atoms with E-state index in [-0.39, 0.29) is 5.16 Å². The average Bonchev–Trinajstić information content (AvgIpc) is 3.28. The number of hydrogen-bond acceptors (Lipinski definition) is 6. The maximum Gasteiger partial charge on any atom is 0.250 e. The quantitative estimate of drug-likeness (QED) is 0.289. The third kappa shape index (κ3) is 4.59. The van der Waals surface area contributed by atoms with Crippen LogP contribution in [0.4, 0.5) is 11.5 Å². The van der Waals surface area contributed by atoms with Gasteiger partial charge in [0.25, 0.3) is 5.16 Å². The lowest BCUT2D eigenvalue weighted by molar-refractivity contribution is 0.593. The van der Waals surface area contributed by atoms with E-state index in [1.54, 1.807) is 10.9 Å². The first-order valence-electron chi connectivity index (χ1n) is 11.6. The fourth-order valence-corrected chi connectivity index (χ4v) is 4.60. The Balaban J connectivity index is 1.78. The van der Waals surface area contributed by atoms with E-state index in [2.05, 4.69) is 34.1 Å². The summed E-state index contributed by atoms with van der Waals surface area (Å²) in [5.74, 6) is 0.492. The number of benzene rings is 3. The highest BCUT2D eigenvalue weighted by Gasteiger charge is 2.24. The Morgan fingerprint density at radius 2 is 1.47 bits per heavy atom. The zero-order valence-corrected chi connectivity index (χ0v) is 21.5. The predicted octanol–water partition coefficient (Wildman–Crippen LogP) is 5.48. The van der Waals surface area contributed by atoms with Gasteiger partial charge in [0.1, 0.15) is 5.82 Å². The molecule has 0 unspecified atom stereocenters. The minimum Gasteiger partial charge on any atom is -0.321 e. The molecule has 3 aromatic carbocycles. The summed E-state index contributed by atoms with van der Waals surface area (Å²) in [5.41, 5.74) is 6.62. The van der Waals surface area contributed by atoms with E-state index >= 15 is 0 Å². The first-order chi connectivity index (χ1) is 17.2. The Morgan fingerprint density at radius 3 is 2.11 bits per heavy atom. The van der Waals surface area contributed by atoms with Gasteiger partial charge in [-0.25, -0.2) is 13.1 Å². The van der Waals surface area contributed by atoms with Crippen LogP contribution in [0, 0.1) is 20.8 Å². The molecule has 0 aliphatic carbocycles. The second-order valence-electron chi connectivity index (χ2n) is 9.08. The molecule has 0 fully saturated rings. The van der Waals surface area contributed by atoms with E-state index in [1.165, 1.54) is 0 Å². The van der Waals surface area contributed by atoms with Crippen molar-refractivity contribution in [1.82, 2.24) is 19.7 Å². The zero-order valence-electron chi connectivity index (χ0n) is 20.7. The highest BCUT2D eigenvalue weighted by Crippen LogP contribution is 2.34. The van der Waals surface area contributed by atoms with Crippen LogP contribution in [0.15, 0.2) is 84.1 Å². The number of aryl methyl sites for hydroxylation is 3. The van der Waals surface area contributed by atoms with E-state index < -0.39 is 9.84 Å². The van der Waals surface area contributed by atoms with Gasteiger partial charge in [-0.05, 0) is 56.2 Å². The average molecular weight is 498 g/mol. The van der Waals surface area contributed by atoms with Gasteiger partial charge in [0.15, 0.2) is 5.65 Å². The number of hydrogen-bond donors (Lipinski definition) is 0. The van der Waals surface area contributed by atoms with Crippen LogP contribution >= 0.6 is 0 Å². The first kappa shape index (κ1) is 23.7. The van der Waals surface area contributed by atoms with Crippen LogP contribution in [0.5, 0.6) is 0 Å². The Kier molecular flexibility index (Phi) is 6.05. The van der Waals surface area contributed by atoms with Gasteiger partial charge in [-0.3, -0.25) is 0 Å². The molecule has 0 aliphatic rings. The monoisotopic (exact) mass is 497 g/mol. The van der Waals surface area contributed by atoms with E-state index in [0.29, 0.717) is 23.4 Å². The molecule has 0 saturated carbocycles. The predicted molar refractivity (Wildman–Crippen MR) is 143 cm³/mol. The number of rotatable bonds is 6. The van der Waals surface area contributed by atoms with Crippen molar-refractivity contribution in [3.63, 3.8) is 0 Å². The molecule has 0 amide bonds. The lowest BCUT2D eigenvalue weighted by Crippen LogP contribution is -2.20. The summed E-state index contributed by atoms with van der Waals surface area (Å²) in [5, 5.41) is 5.02. The molecule has 0 spiro atoms. The van der Waals surface area contributed by atoms with Crippen LogP contribution < -0.4 is 4.90 Å². The van der Waals surface area contributed by atoms with Crippen LogP contribution in [0.2, 0.25) is 0 Å². The fraction of sp³-hybridized carbons (Fsp3) is 0.179. The second kappa shape index (κ2) is 9.20. The minimum absolute atomic E-state index is 0.235. The summed E-state index contributed by atoms with van der Waals surface area (Å²) in [6, 6.07) is 24.1. The van der Waals surface area contributed by atoms with Gasteiger partial charge < -0.3 is 4.90 Å². The molecular formula is C28H27N5O2S. The Morgan fingerprint density at radius 1 is 0.833 bits per heavy atom. The largest absolute Gasteiger partial charge is 0.321 e. The van der Waals surface area contributed by atoms with Crippen molar-refractivity contribution in [3.05, 3.63) is 101 Å². The number of nitrogens with zero attached hydrogens (tertiary/aromatic N) is 5. The standard InChI is InChI=1S/C28H27N5O2S/c1-19-9-13-23(14-10-19)32(18-22-8-6-5-7-21(22)3)26-25-17-29-33(24-15-11-20(2)12-16-24)27(25)31-28(30-26)36(4,34)35/h5-17H,18H2,1-4H3. The van der Waals surface area contributed by atoms with Gasteiger partial charge in [-0.15, -0.1) is 0 Å². The van der Waals surface area contributed by atoms with E-state index in [9.17, 15) is 8.42 Å². The number of anilines is 2. The maximum absolute atomic E-state index is 12.7. The van der Waals surface area contributed by atoms with Crippen molar-refractivity contribution in [3.8, 4) is 5.69 Å². The van der Waals surface area contributed by atoms with E-state index in [4.69, 9.17) is 0 Å². The van der Waals surface area contributed by atoms with Gasteiger partial charge in [0, 0.05) is 18.5 Å². The summed E-state index contributed by atoms with van der Waals surface area (Å²) >= 11 is 0. The molecular weight excluding hydrogens is 470 g/mol. The second-order valence-corrected chi connectivity index (χ2v) is 11.0. The smallest absolute Gasteiger partial charge is 0.250 e. The van der Waals surface area contributed by atoms with Crippen molar-refractivity contribution in [2.75, 3.05) is 11.2 Å². The molecule has 7 nitrogen and oxygen atoms in total. The molecule has 36 heavy (non-hydrogen) atoms. The summed E-state index contributed by atoms with van der Waals surface area (Å²) < 4.78 is 27.0. The van der Waals surface area contributed by atoms with Crippen molar-refractivity contribution < 1.29 is 8.42 Å². The minimum atomic E-state index is -3.69. The van der Waals surface area contributed by atoms with Crippen LogP contribution in [-0.2, 0) is 16.4 Å². The molecule has 5 aromatic rings. The van der Waals surface area contributed by atoms with Crippen molar-refractivity contribution >= 4 is 32.4 Å². The Hall–Kier alpha value is -4.04.